The Labute approximate surface area is 106 Å². The highest BCUT2D eigenvalue weighted by Crippen LogP contribution is 2.14. The highest BCUT2D eigenvalue weighted by Gasteiger charge is 2.07. The van der Waals surface area contributed by atoms with Crippen LogP contribution in [0.25, 0.3) is 0 Å². The van der Waals surface area contributed by atoms with E-state index in [1.165, 1.54) is 17.1 Å². The van der Waals surface area contributed by atoms with Gasteiger partial charge in [0.2, 0.25) is 5.13 Å². The molecule has 0 saturated heterocycles. The van der Waals surface area contributed by atoms with Gasteiger partial charge in [-0.3, -0.25) is 0 Å². The van der Waals surface area contributed by atoms with Crippen LogP contribution in [0, 0.1) is 0 Å². The van der Waals surface area contributed by atoms with E-state index in [-0.39, 0.29) is 0 Å². The van der Waals surface area contributed by atoms with E-state index >= 15 is 0 Å². The van der Waals surface area contributed by atoms with Crippen LogP contribution in [0.1, 0.15) is 25.2 Å². The molecule has 0 aliphatic rings. The molecule has 0 bridgehead atoms. The molecule has 0 radical (unpaired) electrons. The van der Waals surface area contributed by atoms with E-state index in [0.29, 0.717) is 6.04 Å². The summed E-state index contributed by atoms with van der Waals surface area (Å²) < 4.78 is 4.26. The second-order valence-electron chi connectivity index (χ2n) is 4.10. The fourth-order valence-corrected chi connectivity index (χ4v) is 2.45. The van der Waals surface area contributed by atoms with Crippen molar-refractivity contribution in [3.05, 3.63) is 41.7 Å². The van der Waals surface area contributed by atoms with E-state index in [9.17, 15) is 0 Å². The topological polar surface area (TPSA) is 37.8 Å². The Morgan fingerprint density at radius 3 is 2.71 bits per heavy atom. The molecule has 1 unspecified atom stereocenters. The van der Waals surface area contributed by atoms with Gasteiger partial charge >= 0.3 is 0 Å². The van der Waals surface area contributed by atoms with Gasteiger partial charge in [-0.25, -0.2) is 4.98 Å². The summed E-state index contributed by atoms with van der Waals surface area (Å²) in [7, 11) is 0. The van der Waals surface area contributed by atoms with Crippen molar-refractivity contribution in [3.8, 4) is 0 Å². The number of aromatic nitrogens is 2. The zero-order chi connectivity index (χ0) is 12.1. The lowest BCUT2D eigenvalue weighted by atomic mass is 10.1. The number of nitrogens with one attached hydrogen (secondary N) is 1. The van der Waals surface area contributed by atoms with Gasteiger partial charge in [-0.2, -0.15) is 4.37 Å². The SMILES string of the molecule is CCc1nsc(NC(C)Cc2ccccc2)n1. The predicted octanol–water partition coefficient (Wildman–Crippen LogP) is 3.14. The maximum Gasteiger partial charge on any atom is 0.202 e. The Hall–Kier alpha value is -1.42. The predicted molar refractivity (Wildman–Crippen MR) is 72.5 cm³/mol. The van der Waals surface area contributed by atoms with Gasteiger partial charge in [0.1, 0.15) is 5.82 Å². The summed E-state index contributed by atoms with van der Waals surface area (Å²) >= 11 is 1.44. The average molecular weight is 247 g/mol. The van der Waals surface area contributed by atoms with E-state index in [0.717, 1.165) is 23.8 Å². The molecule has 0 saturated carbocycles. The monoisotopic (exact) mass is 247 g/mol. The van der Waals surface area contributed by atoms with Crippen LogP contribution < -0.4 is 5.32 Å². The lowest BCUT2D eigenvalue weighted by molar-refractivity contribution is 0.787. The van der Waals surface area contributed by atoms with Crippen LogP contribution in [0.4, 0.5) is 5.13 Å². The normalized spacial score (nSPS) is 12.4. The molecule has 90 valence electrons. The third kappa shape index (κ3) is 3.53. The zero-order valence-electron chi connectivity index (χ0n) is 10.2. The number of nitrogens with zero attached hydrogens (tertiary/aromatic N) is 2. The van der Waals surface area contributed by atoms with Crippen LogP contribution in [0.3, 0.4) is 0 Å². The molecule has 1 heterocycles. The van der Waals surface area contributed by atoms with Crippen LogP contribution in [0.5, 0.6) is 0 Å². The Kier molecular flexibility index (Phi) is 4.09. The van der Waals surface area contributed by atoms with E-state index < -0.39 is 0 Å². The van der Waals surface area contributed by atoms with E-state index in [2.05, 4.69) is 52.8 Å². The Morgan fingerprint density at radius 2 is 2.06 bits per heavy atom. The molecule has 1 aromatic carbocycles. The number of hydrogen-bond acceptors (Lipinski definition) is 4. The molecule has 4 heteroatoms. The average Bonchev–Trinajstić information content (AvgIpc) is 2.78. The van der Waals surface area contributed by atoms with Crippen LogP contribution >= 0.6 is 11.5 Å². The molecule has 1 N–H and O–H groups in total. The fraction of sp³-hybridized carbons (Fsp3) is 0.385. The number of anilines is 1. The van der Waals surface area contributed by atoms with Crippen molar-refractivity contribution in [2.45, 2.75) is 32.7 Å². The molecule has 3 nitrogen and oxygen atoms in total. The van der Waals surface area contributed by atoms with Gasteiger partial charge in [-0.1, -0.05) is 37.3 Å². The van der Waals surface area contributed by atoms with Gasteiger partial charge in [0, 0.05) is 24.0 Å². The highest BCUT2D eigenvalue weighted by atomic mass is 32.1. The van der Waals surface area contributed by atoms with Gasteiger partial charge in [-0.15, -0.1) is 0 Å². The molecule has 1 aromatic heterocycles. The van der Waals surface area contributed by atoms with Crippen LogP contribution in [0.2, 0.25) is 0 Å². The molecule has 0 amide bonds. The van der Waals surface area contributed by atoms with E-state index in [4.69, 9.17) is 0 Å². The van der Waals surface area contributed by atoms with E-state index in [1.807, 2.05) is 6.07 Å². The number of hydrogen-bond donors (Lipinski definition) is 1. The Morgan fingerprint density at radius 1 is 1.29 bits per heavy atom. The minimum absolute atomic E-state index is 0.370. The highest BCUT2D eigenvalue weighted by molar-refractivity contribution is 7.09. The summed E-state index contributed by atoms with van der Waals surface area (Å²) in [5.41, 5.74) is 1.34. The Bertz CT molecular complexity index is 453. The first-order chi connectivity index (χ1) is 8.28. The van der Waals surface area contributed by atoms with Gasteiger partial charge in [0.15, 0.2) is 0 Å². The van der Waals surface area contributed by atoms with E-state index in [1.54, 1.807) is 0 Å². The van der Waals surface area contributed by atoms with Crippen LogP contribution in [-0.4, -0.2) is 15.4 Å². The summed E-state index contributed by atoms with van der Waals surface area (Å²) in [5, 5.41) is 4.31. The first-order valence-corrected chi connectivity index (χ1v) is 6.68. The first-order valence-electron chi connectivity index (χ1n) is 5.91. The van der Waals surface area contributed by atoms with Crippen LogP contribution in [-0.2, 0) is 12.8 Å². The third-order valence-corrected chi connectivity index (χ3v) is 3.22. The van der Waals surface area contributed by atoms with Crippen molar-refractivity contribution in [2.75, 3.05) is 5.32 Å². The second kappa shape index (κ2) is 5.77. The maximum atomic E-state index is 4.41. The molecular formula is C13H17N3S. The fourth-order valence-electron chi connectivity index (χ4n) is 1.69. The summed E-state index contributed by atoms with van der Waals surface area (Å²) in [6, 6.07) is 10.9. The standard InChI is InChI=1S/C13H17N3S/c1-3-12-15-13(17-16-12)14-10(2)9-11-7-5-4-6-8-11/h4-8,10H,3,9H2,1-2H3,(H,14,15,16). The Balaban J connectivity index is 1.91. The van der Waals surface area contributed by atoms with Crippen molar-refractivity contribution in [2.24, 2.45) is 0 Å². The molecule has 2 rings (SSSR count). The van der Waals surface area contributed by atoms with Gasteiger partial charge in [0.05, 0.1) is 0 Å². The molecule has 2 aromatic rings. The molecule has 0 fully saturated rings. The molecule has 1 atom stereocenters. The lowest BCUT2D eigenvalue weighted by Crippen LogP contribution is -2.17. The van der Waals surface area contributed by atoms with Crippen molar-refractivity contribution in [1.29, 1.82) is 0 Å². The summed E-state index contributed by atoms with van der Waals surface area (Å²) in [4.78, 5) is 4.41. The summed E-state index contributed by atoms with van der Waals surface area (Å²) in [5.74, 6) is 0.921. The second-order valence-corrected chi connectivity index (χ2v) is 4.86. The maximum absolute atomic E-state index is 4.41. The summed E-state index contributed by atoms with van der Waals surface area (Å²) in [6.07, 6.45) is 1.90. The molecular weight excluding hydrogens is 230 g/mol. The minimum Gasteiger partial charge on any atom is -0.357 e. The lowest BCUT2D eigenvalue weighted by Gasteiger charge is -2.12. The van der Waals surface area contributed by atoms with Crippen LogP contribution in [0.15, 0.2) is 30.3 Å². The van der Waals surface area contributed by atoms with Crippen molar-refractivity contribution >= 4 is 16.7 Å². The zero-order valence-corrected chi connectivity index (χ0v) is 11.0. The smallest absolute Gasteiger partial charge is 0.202 e. The molecule has 17 heavy (non-hydrogen) atoms. The number of benzene rings is 1. The van der Waals surface area contributed by atoms with Crippen molar-refractivity contribution < 1.29 is 0 Å². The number of aryl methyl sites for hydroxylation is 1. The molecule has 0 spiro atoms. The quantitative estimate of drug-likeness (QED) is 0.882. The first kappa shape index (κ1) is 12.0. The van der Waals surface area contributed by atoms with Crippen molar-refractivity contribution in [1.82, 2.24) is 9.36 Å². The minimum atomic E-state index is 0.370. The third-order valence-electron chi connectivity index (χ3n) is 2.54. The largest absolute Gasteiger partial charge is 0.357 e. The van der Waals surface area contributed by atoms with Crippen molar-refractivity contribution in [3.63, 3.8) is 0 Å². The van der Waals surface area contributed by atoms with Gasteiger partial charge in [0.25, 0.3) is 0 Å². The summed E-state index contributed by atoms with van der Waals surface area (Å²) in [6.45, 7) is 4.24. The molecule has 0 aliphatic carbocycles. The van der Waals surface area contributed by atoms with Gasteiger partial charge < -0.3 is 5.32 Å². The molecule has 0 aliphatic heterocycles. The van der Waals surface area contributed by atoms with Gasteiger partial charge in [-0.05, 0) is 18.9 Å². The number of rotatable bonds is 5.